The molecule has 0 spiro atoms. The van der Waals surface area contributed by atoms with Gasteiger partial charge in [0.05, 0.1) is 4.92 Å². The highest BCUT2D eigenvalue weighted by Gasteiger charge is 2.08. The lowest BCUT2D eigenvalue weighted by Gasteiger charge is -1.97. The third-order valence-corrected chi connectivity index (χ3v) is 3.49. The highest BCUT2D eigenvalue weighted by Crippen LogP contribution is 2.14. The van der Waals surface area contributed by atoms with Crippen molar-refractivity contribution < 1.29 is 9.72 Å². The zero-order valence-corrected chi connectivity index (χ0v) is 14.5. The Kier molecular flexibility index (Phi) is 5.93. The summed E-state index contributed by atoms with van der Waals surface area (Å²) in [5, 5.41) is 26.4. The molecule has 2 aromatic carbocycles. The fraction of sp³-hybridized carbons (Fsp3) is 0.0556. The van der Waals surface area contributed by atoms with Gasteiger partial charge in [0.1, 0.15) is 6.54 Å². The van der Waals surface area contributed by atoms with Gasteiger partial charge in [0.15, 0.2) is 0 Å². The molecule has 0 saturated heterocycles. The summed E-state index contributed by atoms with van der Waals surface area (Å²) in [5.74, 6) is 0.00815. The van der Waals surface area contributed by atoms with E-state index in [1.165, 1.54) is 23.1 Å². The Bertz CT molecular complexity index is 1030. The maximum Gasteiger partial charge on any atom is 0.270 e. The smallest absolute Gasteiger partial charge is 0.270 e. The van der Waals surface area contributed by atoms with Crippen molar-refractivity contribution in [3.8, 4) is 11.4 Å². The predicted octanol–water partition coefficient (Wildman–Crippen LogP) is 2.06. The van der Waals surface area contributed by atoms with Gasteiger partial charge in [0, 0.05) is 23.9 Å². The fourth-order valence-electron chi connectivity index (χ4n) is 2.23. The molecule has 3 aromatic rings. The third-order valence-electron chi connectivity index (χ3n) is 3.49. The Hall–Kier alpha value is -4.21. The summed E-state index contributed by atoms with van der Waals surface area (Å²) in [6.45, 7) is -0.133. The van der Waals surface area contributed by atoms with Crippen LogP contribution in [-0.4, -0.2) is 37.3 Å². The number of aromatic nitrogens is 4. The van der Waals surface area contributed by atoms with Crippen LogP contribution in [0.5, 0.6) is 0 Å². The number of tetrazole rings is 1. The standard InChI is InChI=1S/C18H15N7O3/c26-17(13-24-22-18(21-23-24)15-8-2-1-3-9-15)20-19-11-5-7-14-6-4-10-16(12-14)25(27)28/h1-12H,13H2,(H,20,26)/b7-5+,19-11-. The van der Waals surface area contributed by atoms with Crippen molar-refractivity contribution in [2.45, 2.75) is 6.54 Å². The van der Waals surface area contributed by atoms with Crippen molar-refractivity contribution in [3.63, 3.8) is 0 Å². The summed E-state index contributed by atoms with van der Waals surface area (Å²) in [4.78, 5) is 23.3. The normalized spacial score (nSPS) is 11.1. The number of nitrogens with zero attached hydrogens (tertiary/aromatic N) is 6. The number of benzene rings is 2. The maximum absolute atomic E-state index is 11.9. The van der Waals surface area contributed by atoms with E-state index in [4.69, 9.17) is 0 Å². The highest BCUT2D eigenvalue weighted by atomic mass is 16.6. The van der Waals surface area contributed by atoms with Crippen LogP contribution in [0, 0.1) is 10.1 Å². The van der Waals surface area contributed by atoms with E-state index in [0.29, 0.717) is 11.4 Å². The molecule has 0 aliphatic rings. The van der Waals surface area contributed by atoms with Gasteiger partial charge in [0.2, 0.25) is 5.82 Å². The molecule has 0 atom stereocenters. The molecule has 0 bridgehead atoms. The van der Waals surface area contributed by atoms with Gasteiger partial charge in [-0.2, -0.15) is 9.90 Å². The fourth-order valence-corrected chi connectivity index (χ4v) is 2.23. The number of nitro benzene ring substituents is 1. The van der Waals surface area contributed by atoms with Crippen LogP contribution in [-0.2, 0) is 11.3 Å². The average Bonchev–Trinajstić information content (AvgIpc) is 3.17. The molecule has 0 radical (unpaired) electrons. The van der Waals surface area contributed by atoms with Gasteiger partial charge in [0.25, 0.3) is 11.6 Å². The van der Waals surface area contributed by atoms with Crippen molar-refractivity contribution in [1.29, 1.82) is 0 Å². The Morgan fingerprint density at radius 2 is 2.04 bits per heavy atom. The van der Waals surface area contributed by atoms with E-state index in [1.807, 2.05) is 30.3 Å². The van der Waals surface area contributed by atoms with Crippen LogP contribution < -0.4 is 5.43 Å². The van der Waals surface area contributed by atoms with Crippen LogP contribution in [0.4, 0.5) is 5.69 Å². The lowest BCUT2D eigenvalue weighted by atomic mass is 10.2. The minimum atomic E-state index is -0.465. The minimum absolute atomic E-state index is 0.00240. The largest absolute Gasteiger partial charge is 0.271 e. The molecule has 28 heavy (non-hydrogen) atoms. The quantitative estimate of drug-likeness (QED) is 0.381. The summed E-state index contributed by atoms with van der Waals surface area (Å²) in [6, 6.07) is 15.4. The first-order chi connectivity index (χ1) is 13.6. The third kappa shape index (κ3) is 5.14. The lowest BCUT2D eigenvalue weighted by Crippen LogP contribution is -2.24. The topological polar surface area (TPSA) is 128 Å². The number of hydrazone groups is 1. The van der Waals surface area contributed by atoms with Gasteiger partial charge < -0.3 is 0 Å². The van der Waals surface area contributed by atoms with Crippen LogP contribution in [0.1, 0.15) is 5.56 Å². The SMILES string of the molecule is O=C(Cn1nnc(-c2ccccc2)n1)N/N=C\C=C\c1cccc([N+](=O)[O-])c1. The summed E-state index contributed by atoms with van der Waals surface area (Å²) in [7, 11) is 0. The molecule has 3 rings (SSSR count). The maximum atomic E-state index is 11.9. The second kappa shape index (κ2) is 8.94. The van der Waals surface area contributed by atoms with Gasteiger partial charge in [-0.25, -0.2) is 5.43 Å². The summed E-state index contributed by atoms with van der Waals surface area (Å²) < 4.78 is 0. The monoisotopic (exact) mass is 377 g/mol. The Labute approximate surface area is 159 Å². The lowest BCUT2D eigenvalue weighted by molar-refractivity contribution is -0.384. The Morgan fingerprint density at radius 1 is 1.21 bits per heavy atom. The van der Waals surface area contributed by atoms with E-state index in [2.05, 4.69) is 25.9 Å². The van der Waals surface area contributed by atoms with E-state index in [1.54, 1.807) is 24.3 Å². The zero-order chi connectivity index (χ0) is 19.8. The van der Waals surface area contributed by atoms with Crippen molar-refractivity contribution in [2.24, 2.45) is 5.10 Å². The molecule has 0 aliphatic heterocycles. The molecule has 0 unspecified atom stereocenters. The van der Waals surface area contributed by atoms with Crippen molar-refractivity contribution >= 4 is 23.9 Å². The molecule has 10 nitrogen and oxygen atoms in total. The van der Waals surface area contributed by atoms with Crippen molar-refractivity contribution in [1.82, 2.24) is 25.6 Å². The first kappa shape index (κ1) is 18.6. The minimum Gasteiger partial charge on any atom is -0.271 e. The average molecular weight is 377 g/mol. The summed E-state index contributed by atoms with van der Waals surface area (Å²) in [6.07, 6.45) is 4.55. The molecule has 140 valence electrons. The summed E-state index contributed by atoms with van der Waals surface area (Å²) in [5.41, 5.74) is 3.79. The molecule has 1 N–H and O–H groups in total. The van der Waals surface area contributed by atoms with E-state index in [-0.39, 0.29) is 12.2 Å². The Balaban J connectivity index is 1.50. The summed E-state index contributed by atoms with van der Waals surface area (Å²) >= 11 is 0. The van der Waals surface area contributed by atoms with E-state index < -0.39 is 10.8 Å². The predicted molar refractivity (Wildman–Crippen MR) is 102 cm³/mol. The number of allylic oxidation sites excluding steroid dienone is 1. The number of carbonyl (C=O) groups is 1. The number of hydrogen-bond donors (Lipinski definition) is 1. The molecular formula is C18H15N7O3. The number of nitro groups is 1. The van der Waals surface area contributed by atoms with Gasteiger partial charge in [-0.1, -0.05) is 48.5 Å². The number of hydrogen-bond acceptors (Lipinski definition) is 7. The van der Waals surface area contributed by atoms with Crippen LogP contribution >= 0.6 is 0 Å². The highest BCUT2D eigenvalue weighted by molar-refractivity contribution is 5.81. The second-order valence-corrected chi connectivity index (χ2v) is 5.53. The zero-order valence-electron chi connectivity index (χ0n) is 14.5. The number of non-ortho nitro benzene ring substituents is 1. The van der Waals surface area contributed by atoms with Crippen molar-refractivity contribution in [2.75, 3.05) is 0 Å². The number of rotatable bonds is 7. The number of amides is 1. The molecule has 1 aromatic heterocycles. The van der Waals surface area contributed by atoms with Crippen LogP contribution in [0.15, 0.2) is 65.8 Å². The van der Waals surface area contributed by atoms with E-state index in [0.717, 1.165) is 5.56 Å². The second-order valence-electron chi connectivity index (χ2n) is 5.53. The van der Waals surface area contributed by atoms with Crippen LogP contribution in [0.25, 0.3) is 17.5 Å². The first-order valence-corrected chi connectivity index (χ1v) is 8.18. The van der Waals surface area contributed by atoms with Gasteiger partial charge in [-0.05, 0) is 16.9 Å². The molecule has 10 heteroatoms. The van der Waals surface area contributed by atoms with Gasteiger partial charge in [-0.3, -0.25) is 14.9 Å². The van der Waals surface area contributed by atoms with E-state index in [9.17, 15) is 14.9 Å². The number of nitrogens with one attached hydrogen (secondary N) is 1. The van der Waals surface area contributed by atoms with Crippen molar-refractivity contribution in [3.05, 3.63) is 76.4 Å². The number of carbonyl (C=O) groups excluding carboxylic acids is 1. The molecule has 0 saturated carbocycles. The van der Waals surface area contributed by atoms with E-state index >= 15 is 0 Å². The first-order valence-electron chi connectivity index (χ1n) is 8.18. The van der Waals surface area contributed by atoms with Gasteiger partial charge >= 0.3 is 0 Å². The van der Waals surface area contributed by atoms with Crippen LogP contribution in [0.3, 0.4) is 0 Å². The van der Waals surface area contributed by atoms with Crippen LogP contribution in [0.2, 0.25) is 0 Å². The molecule has 1 heterocycles. The molecular weight excluding hydrogens is 362 g/mol. The van der Waals surface area contributed by atoms with Gasteiger partial charge in [-0.15, -0.1) is 10.2 Å². The Morgan fingerprint density at radius 3 is 2.82 bits per heavy atom. The molecule has 0 fully saturated rings. The molecule has 1 amide bonds. The molecule has 0 aliphatic carbocycles.